The van der Waals surface area contributed by atoms with Crippen LogP contribution in [0.25, 0.3) is 0 Å². The Morgan fingerprint density at radius 2 is 1.82 bits per heavy atom. The number of amides is 1. The first-order valence-electron chi connectivity index (χ1n) is 11.2. The molecule has 8 nitrogen and oxygen atoms in total. The predicted octanol–water partition coefficient (Wildman–Crippen LogP) is 3.76. The minimum absolute atomic E-state index is 0.0434. The van der Waals surface area contributed by atoms with Crippen molar-refractivity contribution in [1.29, 1.82) is 0 Å². The van der Waals surface area contributed by atoms with Crippen molar-refractivity contribution in [2.75, 3.05) is 12.0 Å². The van der Waals surface area contributed by atoms with Crippen LogP contribution in [0.5, 0.6) is 0 Å². The van der Waals surface area contributed by atoms with Crippen molar-refractivity contribution >= 4 is 23.5 Å². The fourth-order valence-corrected chi connectivity index (χ4v) is 5.20. The summed E-state index contributed by atoms with van der Waals surface area (Å²) in [6, 6.07) is 7.64. The molecule has 1 aliphatic carbocycles. The normalized spacial score (nSPS) is 29.0. The van der Waals surface area contributed by atoms with Gasteiger partial charge in [0, 0.05) is 6.07 Å². The lowest BCUT2D eigenvalue weighted by Gasteiger charge is -2.40. The zero-order valence-corrected chi connectivity index (χ0v) is 19.0. The first-order valence-corrected chi connectivity index (χ1v) is 11.2. The van der Waals surface area contributed by atoms with Crippen molar-refractivity contribution in [2.24, 2.45) is 17.8 Å². The Labute approximate surface area is 191 Å². The number of anilines is 1. The van der Waals surface area contributed by atoms with Crippen LogP contribution in [0.4, 0.5) is 5.82 Å². The maximum Gasteiger partial charge on any atom is 0.337 e. The molecule has 172 valence electrons. The Morgan fingerprint density at radius 3 is 2.45 bits per heavy atom. The Morgan fingerprint density at radius 1 is 1.12 bits per heavy atom. The molecule has 5 unspecified atom stereocenters. The molecule has 33 heavy (non-hydrogen) atoms. The summed E-state index contributed by atoms with van der Waals surface area (Å²) in [5.74, 6) is 0.582. The number of ketones is 1. The summed E-state index contributed by atoms with van der Waals surface area (Å²) >= 11 is 0. The molecule has 1 amide bonds. The van der Waals surface area contributed by atoms with Gasteiger partial charge in [-0.05, 0) is 49.3 Å². The lowest BCUT2D eigenvalue weighted by molar-refractivity contribution is -0.134. The Hall–Kier alpha value is -3.42. The van der Waals surface area contributed by atoms with E-state index in [1.54, 1.807) is 37.3 Å². The van der Waals surface area contributed by atoms with Gasteiger partial charge in [0.05, 0.1) is 30.2 Å². The zero-order valence-electron chi connectivity index (χ0n) is 19.0. The Kier molecular flexibility index (Phi) is 5.11. The molecule has 0 N–H and O–H groups in total. The monoisotopic (exact) mass is 450 g/mol. The van der Waals surface area contributed by atoms with Gasteiger partial charge in [0.15, 0.2) is 17.4 Å². The number of ether oxygens (including phenoxy) is 2. The largest absolute Gasteiger partial charge is 0.483 e. The molecule has 1 aromatic heterocycles. The number of hydrogen-bond donors (Lipinski definition) is 0. The summed E-state index contributed by atoms with van der Waals surface area (Å²) in [4.78, 5) is 40.7. The average molecular weight is 450 g/mol. The minimum Gasteiger partial charge on any atom is -0.483 e. The molecule has 2 aromatic rings. The number of hydrogen-bond acceptors (Lipinski definition) is 7. The summed E-state index contributed by atoms with van der Waals surface area (Å²) in [5.41, 5.74) is 1.41. The highest BCUT2D eigenvalue weighted by Gasteiger charge is 2.54. The quantitative estimate of drug-likeness (QED) is 0.657. The number of fused-ring (bicyclic) bond motifs is 1. The fourth-order valence-electron chi connectivity index (χ4n) is 5.20. The van der Waals surface area contributed by atoms with Crippen LogP contribution < -0.4 is 4.90 Å². The van der Waals surface area contributed by atoms with Gasteiger partial charge in [0.2, 0.25) is 0 Å². The van der Waals surface area contributed by atoms with Gasteiger partial charge < -0.3 is 14.0 Å². The van der Waals surface area contributed by atoms with Crippen LogP contribution in [0.3, 0.4) is 0 Å². The number of aromatic nitrogens is 1. The maximum atomic E-state index is 13.8. The van der Waals surface area contributed by atoms with Gasteiger partial charge in [-0.15, -0.1) is 0 Å². The molecule has 3 heterocycles. The third kappa shape index (κ3) is 3.35. The Bertz CT molecular complexity index is 1160. The van der Waals surface area contributed by atoms with Crippen LogP contribution in [0.1, 0.15) is 54.4 Å². The highest BCUT2D eigenvalue weighted by molar-refractivity contribution is 6.17. The first-order chi connectivity index (χ1) is 15.8. The second-order valence-electron chi connectivity index (χ2n) is 9.28. The molecule has 5 rings (SSSR count). The van der Waals surface area contributed by atoms with E-state index in [2.05, 4.69) is 19.0 Å². The van der Waals surface area contributed by atoms with Crippen LogP contribution in [0.2, 0.25) is 0 Å². The van der Waals surface area contributed by atoms with E-state index >= 15 is 0 Å². The van der Waals surface area contributed by atoms with Crippen molar-refractivity contribution in [3.05, 3.63) is 58.6 Å². The predicted molar refractivity (Wildman–Crippen MR) is 117 cm³/mol. The molecule has 2 aliphatic heterocycles. The molecule has 1 fully saturated rings. The lowest BCUT2D eigenvalue weighted by atomic mass is 9.70. The zero-order chi connectivity index (χ0) is 23.4. The van der Waals surface area contributed by atoms with E-state index in [0.29, 0.717) is 40.1 Å². The van der Waals surface area contributed by atoms with Crippen LogP contribution in [-0.2, 0) is 19.1 Å². The number of aryl methyl sites for hydroxylation is 1. The third-order valence-corrected chi connectivity index (χ3v) is 7.22. The molecular formula is C25H26N2O6. The lowest BCUT2D eigenvalue weighted by Crippen LogP contribution is -2.43. The van der Waals surface area contributed by atoms with E-state index in [0.717, 1.165) is 12.8 Å². The highest BCUT2D eigenvalue weighted by Crippen LogP contribution is 2.49. The van der Waals surface area contributed by atoms with Crippen molar-refractivity contribution < 1.29 is 28.4 Å². The van der Waals surface area contributed by atoms with E-state index in [4.69, 9.17) is 14.0 Å². The molecule has 8 heteroatoms. The number of Topliss-reactive ketones (excluding diaryl/α,β-unsaturated/α-hetero) is 1. The van der Waals surface area contributed by atoms with Crippen molar-refractivity contribution in [1.82, 2.24) is 5.16 Å². The van der Waals surface area contributed by atoms with Crippen molar-refractivity contribution in [3.63, 3.8) is 0 Å². The summed E-state index contributed by atoms with van der Waals surface area (Å²) < 4.78 is 16.3. The number of nitrogens with zero attached hydrogens (tertiary/aromatic N) is 2. The summed E-state index contributed by atoms with van der Waals surface area (Å²) in [5, 5.41) is 4.04. The number of carbonyl (C=O) groups is 3. The number of benzene rings is 1. The maximum absolute atomic E-state index is 13.8. The van der Waals surface area contributed by atoms with Gasteiger partial charge in [-0.2, -0.15) is 0 Å². The van der Waals surface area contributed by atoms with Gasteiger partial charge in [-0.1, -0.05) is 31.1 Å². The number of methoxy groups -OCH3 is 1. The van der Waals surface area contributed by atoms with E-state index < -0.39 is 17.9 Å². The standard InChI is InChI=1S/C25H26N2O6/c1-12-9-17-18(10-13(12)2)32-23-20(22(17)28)21(15-5-7-16(8-6-15)25(30)31-4)27(24(23)29)19-11-14(3)33-26-19/h5-8,11-13,17-18,21H,9-10H2,1-4H3. The molecule has 0 saturated heterocycles. The molecule has 0 radical (unpaired) electrons. The SMILES string of the molecule is COC(=O)c1ccc(C2C3=C(OC4CC(C)C(C)CC4C3=O)C(=O)N2c2cc(C)on2)cc1. The van der Waals surface area contributed by atoms with Crippen LogP contribution in [0.15, 0.2) is 46.2 Å². The summed E-state index contributed by atoms with van der Waals surface area (Å²) in [7, 11) is 1.32. The molecule has 1 saturated carbocycles. The third-order valence-electron chi connectivity index (χ3n) is 7.22. The second kappa shape index (κ2) is 7.86. The van der Waals surface area contributed by atoms with E-state index in [1.165, 1.54) is 12.0 Å². The van der Waals surface area contributed by atoms with Gasteiger partial charge >= 0.3 is 5.97 Å². The average Bonchev–Trinajstić information content (AvgIpc) is 3.36. The molecular weight excluding hydrogens is 424 g/mol. The van der Waals surface area contributed by atoms with Crippen molar-refractivity contribution in [3.8, 4) is 0 Å². The van der Waals surface area contributed by atoms with E-state index in [9.17, 15) is 14.4 Å². The summed E-state index contributed by atoms with van der Waals surface area (Å²) in [6.07, 6.45) is 1.17. The second-order valence-corrected chi connectivity index (χ2v) is 9.28. The molecule has 3 aliphatic rings. The molecule has 5 atom stereocenters. The number of rotatable bonds is 3. The highest BCUT2D eigenvalue weighted by atomic mass is 16.5. The van der Waals surface area contributed by atoms with Crippen LogP contribution in [0, 0.1) is 24.7 Å². The van der Waals surface area contributed by atoms with Crippen LogP contribution in [-0.4, -0.2) is 36.0 Å². The minimum atomic E-state index is -0.716. The topological polar surface area (TPSA) is 98.9 Å². The number of esters is 1. The van der Waals surface area contributed by atoms with E-state index in [-0.39, 0.29) is 23.6 Å². The molecule has 1 aromatic carbocycles. The van der Waals surface area contributed by atoms with Gasteiger partial charge in [0.1, 0.15) is 11.9 Å². The Balaban J connectivity index is 1.61. The first kappa shape index (κ1) is 21.4. The molecule has 0 spiro atoms. The van der Waals surface area contributed by atoms with Gasteiger partial charge in [-0.25, -0.2) is 4.79 Å². The van der Waals surface area contributed by atoms with Crippen molar-refractivity contribution in [2.45, 2.75) is 45.8 Å². The van der Waals surface area contributed by atoms with Crippen LogP contribution >= 0.6 is 0 Å². The molecule has 0 bridgehead atoms. The fraction of sp³-hybridized carbons (Fsp3) is 0.440. The summed E-state index contributed by atoms with van der Waals surface area (Å²) in [6.45, 7) is 6.06. The van der Waals surface area contributed by atoms with E-state index in [1.807, 2.05) is 0 Å². The van der Waals surface area contributed by atoms with Gasteiger partial charge in [-0.3, -0.25) is 14.5 Å². The smallest absolute Gasteiger partial charge is 0.337 e. The van der Waals surface area contributed by atoms with Gasteiger partial charge in [0.25, 0.3) is 5.91 Å². The number of carbonyl (C=O) groups excluding carboxylic acids is 3.